The van der Waals surface area contributed by atoms with Crippen LogP contribution < -0.4 is 4.74 Å². The molecule has 44 heavy (non-hydrogen) atoms. The minimum atomic E-state index is -1.84. The highest BCUT2D eigenvalue weighted by molar-refractivity contribution is 6.74. The quantitative estimate of drug-likeness (QED) is 0.0731. The third-order valence-corrected chi connectivity index (χ3v) is 11.4. The summed E-state index contributed by atoms with van der Waals surface area (Å²) in [6.45, 7) is 26.8. The lowest BCUT2D eigenvalue weighted by atomic mass is 10.1. The summed E-state index contributed by atoms with van der Waals surface area (Å²) in [6, 6.07) is 6.32. The average Bonchev–Trinajstić information content (AvgIpc) is 2.85. The molecular weight excluding hydrogens is 578 g/mol. The van der Waals surface area contributed by atoms with Crippen LogP contribution in [-0.4, -0.2) is 70.3 Å². The average molecular weight is 638 g/mol. The standard InChI is InChI=1S/C34H59NO8Si/c1-13-26-21-27(25-41-44(11,12)34(8,9)10)23-29(22-26)40-20-19-39-18-17-38-16-14-15-28(24-30(36)42-32(2,3)4)35-31(37)43-33(5,6)7/h21-23H,13-20,24-25H2,1-12H3. The molecule has 0 aliphatic carbocycles. The van der Waals surface area contributed by atoms with Crippen LogP contribution in [0.25, 0.3) is 0 Å². The maximum atomic E-state index is 12.3. The van der Waals surface area contributed by atoms with Gasteiger partial charge in [-0.2, -0.15) is 4.99 Å². The highest BCUT2D eigenvalue weighted by Gasteiger charge is 2.37. The maximum Gasteiger partial charge on any atom is 0.434 e. The Morgan fingerprint density at radius 1 is 0.773 bits per heavy atom. The number of aliphatic imine (C=N–C) groups is 1. The van der Waals surface area contributed by atoms with Crippen LogP contribution in [0.3, 0.4) is 0 Å². The Hall–Kier alpha value is -2.27. The van der Waals surface area contributed by atoms with Gasteiger partial charge in [-0.15, -0.1) is 0 Å². The van der Waals surface area contributed by atoms with E-state index in [1.165, 1.54) is 5.56 Å². The van der Waals surface area contributed by atoms with Crippen LogP contribution in [0.5, 0.6) is 5.75 Å². The van der Waals surface area contributed by atoms with Crippen molar-refractivity contribution in [2.75, 3.05) is 33.0 Å². The van der Waals surface area contributed by atoms with Crippen molar-refractivity contribution in [3.05, 3.63) is 29.3 Å². The van der Waals surface area contributed by atoms with Crippen LogP contribution in [0.15, 0.2) is 23.2 Å². The molecule has 0 spiro atoms. The number of carbonyl (C=O) groups excluding carboxylic acids is 2. The van der Waals surface area contributed by atoms with Gasteiger partial charge in [0.1, 0.15) is 23.6 Å². The van der Waals surface area contributed by atoms with Gasteiger partial charge in [-0.25, -0.2) is 4.79 Å². The summed E-state index contributed by atoms with van der Waals surface area (Å²) in [5.41, 5.74) is 1.46. The van der Waals surface area contributed by atoms with Crippen LogP contribution in [-0.2, 0) is 41.2 Å². The van der Waals surface area contributed by atoms with Gasteiger partial charge in [0, 0.05) is 12.3 Å². The lowest BCUT2D eigenvalue weighted by Crippen LogP contribution is -2.40. The van der Waals surface area contributed by atoms with Gasteiger partial charge in [0.05, 0.1) is 32.8 Å². The first-order valence-electron chi connectivity index (χ1n) is 15.8. The molecule has 1 aromatic rings. The van der Waals surface area contributed by atoms with Crippen molar-refractivity contribution in [2.24, 2.45) is 4.99 Å². The van der Waals surface area contributed by atoms with E-state index in [-0.39, 0.29) is 11.5 Å². The second kappa shape index (κ2) is 18.0. The summed E-state index contributed by atoms with van der Waals surface area (Å²) >= 11 is 0. The van der Waals surface area contributed by atoms with Crippen molar-refractivity contribution < 1.29 is 37.7 Å². The summed E-state index contributed by atoms with van der Waals surface area (Å²) in [5.74, 6) is 0.390. The van der Waals surface area contributed by atoms with E-state index in [1.54, 1.807) is 41.5 Å². The van der Waals surface area contributed by atoms with Crippen LogP contribution in [0.4, 0.5) is 4.79 Å². The Morgan fingerprint density at radius 2 is 1.34 bits per heavy atom. The van der Waals surface area contributed by atoms with Crippen molar-refractivity contribution in [2.45, 2.75) is 131 Å². The number of rotatable bonds is 17. The van der Waals surface area contributed by atoms with Gasteiger partial charge in [0.15, 0.2) is 8.32 Å². The lowest BCUT2D eigenvalue weighted by Gasteiger charge is -2.36. The number of hydrogen-bond donors (Lipinski definition) is 0. The molecular formula is C34H59NO8Si. The Kier molecular flexibility index (Phi) is 16.3. The molecule has 10 heteroatoms. The summed E-state index contributed by atoms with van der Waals surface area (Å²) in [5, 5.41) is 0.163. The highest BCUT2D eigenvalue weighted by atomic mass is 28.4. The number of hydrogen-bond acceptors (Lipinski definition) is 8. The molecule has 0 aliphatic rings. The highest BCUT2D eigenvalue weighted by Crippen LogP contribution is 2.37. The van der Waals surface area contributed by atoms with Crippen molar-refractivity contribution in [1.82, 2.24) is 0 Å². The van der Waals surface area contributed by atoms with Crippen LogP contribution in [0.1, 0.15) is 99.6 Å². The first-order valence-corrected chi connectivity index (χ1v) is 18.7. The van der Waals surface area contributed by atoms with Crippen LogP contribution in [0.2, 0.25) is 18.1 Å². The van der Waals surface area contributed by atoms with E-state index in [1.807, 2.05) is 0 Å². The summed E-state index contributed by atoms with van der Waals surface area (Å²) in [4.78, 5) is 28.6. The van der Waals surface area contributed by atoms with Crippen LogP contribution >= 0.6 is 0 Å². The summed E-state index contributed by atoms with van der Waals surface area (Å²) in [7, 11) is -1.84. The fourth-order valence-corrected chi connectivity index (χ4v) is 4.60. The SMILES string of the molecule is CCc1cc(CO[Si](C)(C)C(C)(C)C)cc(OCCOCCOCCCC(CC(=O)OC(C)(C)C)=NC(=O)OC(C)(C)C)c1. The minimum absolute atomic E-state index is 0.0774. The molecule has 0 fully saturated rings. The molecule has 0 aliphatic heterocycles. The minimum Gasteiger partial charge on any atom is -0.491 e. The fourth-order valence-electron chi connectivity index (χ4n) is 3.64. The van der Waals surface area contributed by atoms with Crippen molar-refractivity contribution in [1.29, 1.82) is 0 Å². The number of carbonyl (C=O) groups is 2. The van der Waals surface area contributed by atoms with E-state index >= 15 is 0 Å². The molecule has 0 saturated carbocycles. The van der Waals surface area contributed by atoms with Crippen molar-refractivity contribution in [3.8, 4) is 5.75 Å². The van der Waals surface area contributed by atoms with Crippen LogP contribution in [0, 0.1) is 0 Å². The predicted octanol–water partition coefficient (Wildman–Crippen LogP) is 8.07. The Labute approximate surface area is 267 Å². The van der Waals surface area contributed by atoms with E-state index < -0.39 is 31.6 Å². The number of ether oxygens (including phenoxy) is 5. The molecule has 0 aromatic heterocycles. The zero-order valence-corrected chi connectivity index (χ0v) is 30.5. The van der Waals surface area contributed by atoms with Gasteiger partial charge < -0.3 is 28.1 Å². The van der Waals surface area contributed by atoms with Crippen molar-refractivity contribution in [3.63, 3.8) is 0 Å². The van der Waals surface area contributed by atoms with E-state index in [0.29, 0.717) is 58.2 Å². The molecule has 0 heterocycles. The number of esters is 1. The molecule has 0 unspecified atom stereocenters. The number of benzene rings is 1. The lowest BCUT2D eigenvalue weighted by molar-refractivity contribution is -0.153. The molecule has 0 atom stereocenters. The Morgan fingerprint density at radius 3 is 1.91 bits per heavy atom. The number of aryl methyl sites for hydroxylation is 1. The Bertz CT molecular complexity index is 1060. The zero-order valence-electron chi connectivity index (χ0n) is 29.5. The second-order valence-electron chi connectivity index (χ2n) is 14.5. The van der Waals surface area contributed by atoms with E-state index in [4.69, 9.17) is 28.1 Å². The summed E-state index contributed by atoms with van der Waals surface area (Å²) in [6.07, 6.45) is 1.12. The van der Waals surface area contributed by atoms with Gasteiger partial charge in [-0.05, 0) is 102 Å². The van der Waals surface area contributed by atoms with E-state index in [2.05, 4.69) is 64.0 Å². The molecule has 252 valence electrons. The summed E-state index contributed by atoms with van der Waals surface area (Å²) < 4.78 is 34.4. The number of amides is 1. The first kappa shape index (κ1) is 39.8. The molecule has 1 rings (SSSR count). The predicted molar refractivity (Wildman–Crippen MR) is 178 cm³/mol. The van der Waals surface area contributed by atoms with Crippen molar-refractivity contribution >= 4 is 26.1 Å². The zero-order chi connectivity index (χ0) is 33.6. The molecule has 0 saturated heterocycles. The third kappa shape index (κ3) is 17.9. The topological polar surface area (TPSA) is 102 Å². The van der Waals surface area contributed by atoms with Gasteiger partial charge >= 0.3 is 12.1 Å². The molecule has 0 N–H and O–H groups in total. The third-order valence-electron chi connectivity index (χ3n) is 6.87. The van der Waals surface area contributed by atoms with Gasteiger partial charge in [0.2, 0.25) is 0 Å². The molecule has 0 radical (unpaired) electrons. The molecule has 1 amide bonds. The largest absolute Gasteiger partial charge is 0.491 e. The van der Waals surface area contributed by atoms with E-state index in [9.17, 15) is 9.59 Å². The number of nitrogens with zero attached hydrogens (tertiary/aromatic N) is 1. The second-order valence-corrected chi connectivity index (χ2v) is 19.3. The molecule has 9 nitrogen and oxygen atoms in total. The maximum absolute atomic E-state index is 12.3. The molecule has 1 aromatic carbocycles. The van der Waals surface area contributed by atoms with Gasteiger partial charge in [-0.1, -0.05) is 33.8 Å². The monoisotopic (exact) mass is 637 g/mol. The van der Waals surface area contributed by atoms with E-state index in [0.717, 1.165) is 17.7 Å². The molecule has 0 bridgehead atoms. The normalized spacial score (nSPS) is 13.1. The smallest absolute Gasteiger partial charge is 0.434 e. The van der Waals surface area contributed by atoms with Gasteiger partial charge in [-0.3, -0.25) is 4.79 Å². The Balaban J connectivity index is 2.43. The first-order chi connectivity index (χ1) is 20.2. The fraction of sp³-hybridized carbons (Fsp3) is 0.735. The van der Waals surface area contributed by atoms with Gasteiger partial charge in [0.25, 0.3) is 0 Å².